The summed E-state index contributed by atoms with van der Waals surface area (Å²) in [5, 5.41) is 9.09. The lowest BCUT2D eigenvalue weighted by atomic mass is 9.77. The minimum absolute atomic E-state index is 0.0289. The molecule has 0 saturated heterocycles. The molecule has 0 radical (unpaired) electrons. The van der Waals surface area contributed by atoms with Crippen LogP contribution in [0.1, 0.15) is 55.8 Å². The zero-order valence-electron chi connectivity index (χ0n) is 12.4. The van der Waals surface area contributed by atoms with Gasteiger partial charge in [0.15, 0.2) is 5.78 Å². The van der Waals surface area contributed by atoms with Gasteiger partial charge in [0.2, 0.25) is 0 Å². The molecule has 0 atom stereocenters. The van der Waals surface area contributed by atoms with Crippen molar-refractivity contribution in [1.82, 2.24) is 0 Å². The predicted molar refractivity (Wildman–Crippen MR) is 79.7 cm³/mol. The zero-order chi connectivity index (χ0) is 15.3. The number of aliphatic carboxylic acids is 1. The molecular formula is C17H22O4. The third kappa shape index (κ3) is 4.06. The molecule has 0 heterocycles. The number of rotatable bonds is 7. The van der Waals surface area contributed by atoms with E-state index in [1.54, 1.807) is 24.3 Å². The van der Waals surface area contributed by atoms with Gasteiger partial charge in [-0.15, -0.1) is 0 Å². The van der Waals surface area contributed by atoms with Crippen LogP contribution in [0.4, 0.5) is 0 Å². The normalized spacial score (nSPS) is 16.6. The van der Waals surface area contributed by atoms with E-state index in [0.29, 0.717) is 18.6 Å². The van der Waals surface area contributed by atoms with Gasteiger partial charge in [0.05, 0.1) is 13.0 Å². The monoisotopic (exact) mass is 290 g/mol. The first kappa shape index (κ1) is 15.5. The molecule has 0 amide bonds. The molecule has 0 aliphatic heterocycles. The van der Waals surface area contributed by atoms with E-state index in [0.717, 1.165) is 31.4 Å². The second-order valence-electron chi connectivity index (χ2n) is 5.83. The van der Waals surface area contributed by atoms with E-state index < -0.39 is 5.97 Å². The minimum Gasteiger partial charge on any atom is -0.494 e. The van der Waals surface area contributed by atoms with Crippen molar-refractivity contribution in [3.05, 3.63) is 29.8 Å². The van der Waals surface area contributed by atoms with Crippen molar-refractivity contribution >= 4 is 11.8 Å². The van der Waals surface area contributed by atoms with Crippen LogP contribution in [0.5, 0.6) is 5.75 Å². The van der Waals surface area contributed by atoms with Gasteiger partial charge in [-0.25, -0.2) is 0 Å². The fourth-order valence-electron chi connectivity index (χ4n) is 3.21. The predicted octanol–water partition coefficient (Wildman–Crippen LogP) is 3.69. The number of benzene rings is 1. The highest BCUT2D eigenvalue weighted by atomic mass is 16.5. The summed E-state index contributed by atoms with van der Waals surface area (Å²) in [6, 6.07) is 7.10. The van der Waals surface area contributed by atoms with Crippen molar-refractivity contribution in [2.24, 2.45) is 5.41 Å². The number of carboxylic acids is 1. The van der Waals surface area contributed by atoms with Crippen LogP contribution in [-0.4, -0.2) is 23.5 Å². The van der Waals surface area contributed by atoms with Crippen LogP contribution in [-0.2, 0) is 4.79 Å². The number of ether oxygens (including phenoxy) is 1. The summed E-state index contributed by atoms with van der Waals surface area (Å²) in [5.41, 5.74) is 0.289. The summed E-state index contributed by atoms with van der Waals surface area (Å²) in [4.78, 5) is 23.5. The Morgan fingerprint density at radius 3 is 2.29 bits per heavy atom. The van der Waals surface area contributed by atoms with E-state index in [1.807, 2.05) is 6.92 Å². The fourth-order valence-corrected chi connectivity index (χ4v) is 3.21. The van der Waals surface area contributed by atoms with E-state index in [9.17, 15) is 9.59 Å². The summed E-state index contributed by atoms with van der Waals surface area (Å²) in [6.07, 6.45) is 4.13. The van der Waals surface area contributed by atoms with Crippen molar-refractivity contribution in [2.45, 2.75) is 45.4 Å². The Balaban J connectivity index is 2.06. The summed E-state index contributed by atoms with van der Waals surface area (Å²) < 4.78 is 5.36. The average Bonchev–Trinajstić information content (AvgIpc) is 2.87. The first-order valence-corrected chi connectivity index (χ1v) is 7.52. The molecule has 1 fully saturated rings. The van der Waals surface area contributed by atoms with Crippen LogP contribution in [0.25, 0.3) is 0 Å². The second-order valence-corrected chi connectivity index (χ2v) is 5.83. The Bertz CT molecular complexity index is 498. The average molecular weight is 290 g/mol. The Kier molecular flexibility index (Phi) is 4.99. The van der Waals surface area contributed by atoms with Gasteiger partial charge in [0, 0.05) is 12.0 Å². The highest BCUT2D eigenvalue weighted by Crippen LogP contribution is 2.44. The maximum Gasteiger partial charge on any atom is 0.303 e. The molecule has 2 rings (SSSR count). The smallest absolute Gasteiger partial charge is 0.303 e. The van der Waals surface area contributed by atoms with Gasteiger partial charge < -0.3 is 9.84 Å². The Morgan fingerprint density at radius 1 is 1.14 bits per heavy atom. The number of Topliss-reactive ketones (excluding diaryl/α,β-unsaturated/α-hetero) is 1. The number of carbonyl (C=O) groups excluding carboxylic acids is 1. The fraction of sp³-hybridized carbons (Fsp3) is 0.529. The maximum atomic E-state index is 12.4. The van der Waals surface area contributed by atoms with Crippen molar-refractivity contribution in [3.63, 3.8) is 0 Å². The molecule has 0 bridgehead atoms. The molecular weight excluding hydrogens is 268 g/mol. The van der Waals surface area contributed by atoms with E-state index in [-0.39, 0.29) is 17.6 Å². The van der Waals surface area contributed by atoms with Gasteiger partial charge >= 0.3 is 5.97 Å². The van der Waals surface area contributed by atoms with Crippen molar-refractivity contribution < 1.29 is 19.4 Å². The van der Waals surface area contributed by atoms with E-state index in [1.165, 1.54) is 0 Å². The molecule has 1 aromatic rings. The van der Waals surface area contributed by atoms with Gasteiger partial charge in [-0.2, -0.15) is 0 Å². The van der Waals surface area contributed by atoms with E-state index in [4.69, 9.17) is 9.84 Å². The molecule has 1 N–H and O–H groups in total. The molecule has 1 aliphatic rings. The summed E-state index contributed by atoms with van der Waals surface area (Å²) >= 11 is 0. The molecule has 4 nitrogen and oxygen atoms in total. The van der Waals surface area contributed by atoms with Crippen molar-refractivity contribution in [1.29, 1.82) is 0 Å². The van der Waals surface area contributed by atoms with Crippen LogP contribution in [0.15, 0.2) is 24.3 Å². The molecule has 21 heavy (non-hydrogen) atoms. The lowest BCUT2D eigenvalue weighted by Gasteiger charge is -2.26. The van der Waals surface area contributed by atoms with Crippen LogP contribution >= 0.6 is 0 Å². The Labute approximate surface area is 125 Å². The third-order valence-electron chi connectivity index (χ3n) is 4.21. The van der Waals surface area contributed by atoms with E-state index in [2.05, 4.69) is 0 Å². The quantitative estimate of drug-likeness (QED) is 0.778. The molecule has 0 unspecified atom stereocenters. The topological polar surface area (TPSA) is 63.6 Å². The molecule has 0 aromatic heterocycles. The second kappa shape index (κ2) is 6.74. The molecule has 0 spiro atoms. The molecule has 1 aliphatic carbocycles. The van der Waals surface area contributed by atoms with Crippen LogP contribution in [0.3, 0.4) is 0 Å². The summed E-state index contributed by atoms with van der Waals surface area (Å²) in [5.74, 6) is -0.0345. The Hall–Kier alpha value is -1.84. The lowest BCUT2D eigenvalue weighted by molar-refractivity contribution is -0.139. The highest BCUT2D eigenvalue weighted by Gasteiger charge is 2.38. The summed E-state index contributed by atoms with van der Waals surface area (Å²) in [7, 11) is 0. The molecule has 1 aromatic carbocycles. The number of carbonyl (C=O) groups is 2. The molecule has 114 valence electrons. The molecule has 4 heteroatoms. The van der Waals surface area contributed by atoms with Gasteiger partial charge in [0.1, 0.15) is 5.75 Å². The van der Waals surface area contributed by atoms with E-state index >= 15 is 0 Å². The highest BCUT2D eigenvalue weighted by molar-refractivity contribution is 5.96. The number of carboxylic acid groups (broad SMARTS) is 1. The third-order valence-corrected chi connectivity index (χ3v) is 4.21. The van der Waals surface area contributed by atoms with Crippen molar-refractivity contribution in [3.8, 4) is 5.75 Å². The SMILES string of the molecule is CCOc1ccc(C(=O)CC2(CC(=O)O)CCCC2)cc1. The first-order chi connectivity index (χ1) is 10.0. The first-order valence-electron chi connectivity index (χ1n) is 7.52. The van der Waals surface area contributed by atoms with Gasteiger partial charge in [-0.1, -0.05) is 12.8 Å². The number of hydrogen-bond donors (Lipinski definition) is 1. The largest absolute Gasteiger partial charge is 0.494 e. The Morgan fingerprint density at radius 2 is 1.76 bits per heavy atom. The number of hydrogen-bond acceptors (Lipinski definition) is 3. The van der Waals surface area contributed by atoms with Gasteiger partial charge in [-0.3, -0.25) is 9.59 Å². The molecule has 1 saturated carbocycles. The van der Waals surface area contributed by atoms with Crippen LogP contribution in [0, 0.1) is 5.41 Å². The van der Waals surface area contributed by atoms with Crippen LogP contribution < -0.4 is 4.74 Å². The van der Waals surface area contributed by atoms with Crippen molar-refractivity contribution in [2.75, 3.05) is 6.61 Å². The summed E-state index contributed by atoms with van der Waals surface area (Å²) in [6.45, 7) is 2.50. The van der Waals surface area contributed by atoms with Crippen LogP contribution in [0.2, 0.25) is 0 Å². The zero-order valence-corrected chi connectivity index (χ0v) is 12.4. The maximum absolute atomic E-state index is 12.4. The van der Waals surface area contributed by atoms with Gasteiger partial charge in [0.25, 0.3) is 0 Å². The standard InChI is InChI=1S/C17H22O4/c1-2-21-14-7-5-13(6-8-14)15(18)11-17(12-16(19)20)9-3-4-10-17/h5-8H,2-4,9-12H2,1H3,(H,19,20). The lowest BCUT2D eigenvalue weighted by Crippen LogP contribution is -2.24. The minimum atomic E-state index is -0.809. The number of ketones is 1. The van der Waals surface area contributed by atoms with Gasteiger partial charge in [-0.05, 0) is 49.4 Å².